The summed E-state index contributed by atoms with van der Waals surface area (Å²) in [6.45, 7) is 10.4. The summed E-state index contributed by atoms with van der Waals surface area (Å²) in [6.07, 6.45) is 0.305. The largest absolute Gasteiger partial charge is 0.444 e. The van der Waals surface area contributed by atoms with Gasteiger partial charge < -0.3 is 9.64 Å². The summed E-state index contributed by atoms with van der Waals surface area (Å²) in [5.74, 6) is 0.0805. The van der Waals surface area contributed by atoms with Crippen LogP contribution in [0.25, 0.3) is 0 Å². The lowest BCUT2D eigenvalue weighted by Crippen LogP contribution is -2.55. The van der Waals surface area contributed by atoms with Crippen LogP contribution in [0.2, 0.25) is 0 Å². The van der Waals surface area contributed by atoms with Crippen LogP contribution in [-0.4, -0.2) is 44.1 Å². The quantitative estimate of drug-likeness (QED) is 0.780. The first-order chi connectivity index (χ1) is 12.0. The molecule has 1 heterocycles. The molecule has 0 saturated carbocycles. The molecule has 26 heavy (non-hydrogen) atoms. The van der Waals surface area contributed by atoms with Crippen LogP contribution >= 0.6 is 0 Å². The number of carbonyl (C=O) groups excluding carboxylic acids is 1. The number of benzene rings is 1. The average molecular weight is 384 g/mol. The molecular formula is C18H29N3O4S. The lowest BCUT2D eigenvalue weighted by molar-refractivity contribution is 0.0141. The van der Waals surface area contributed by atoms with Crippen LogP contribution in [0.15, 0.2) is 29.2 Å². The third-order valence-electron chi connectivity index (χ3n) is 4.27. The minimum Gasteiger partial charge on any atom is -0.444 e. The number of aryl methyl sites for hydroxylation is 1. The van der Waals surface area contributed by atoms with Crippen molar-refractivity contribution in [1.29, 1.82) is 0 Å². The van der Waals surface area contributed by atoms with Crippen LogP contribution in [0, 0.1) is 12.8 Å². The lowest BCUT2D eigenvalue weighted by Gasteiger charge is -2.37. The van der Waals surface area contributed by atoms with Crippen molar-refractivity contribution in [2.75, 3.05) is 13.1 Å². The predicted molar refractivity (Wildman–Crippen MR) is 100 cm³/mol. The van der Waals surface area contributed by atoms with Gasteiger partial charge in [-0.1, -0.05) is 24.6 Å². The highest BCUT2D eigenvalue weighted by Gasteiger charge is 2.31. The van der Waals surface area contributed by atoms with Crippen molar-refractivity contribution in [3.63, 3.8) is 0 Å². The molecule has 1 saturated heterocycles. The number of nitrogens with one attached hydrogen (secondary N) is 2. The van der Waals surface area contributed by atoms with Gasteiger partial charge >= 0.3 is 6.09 Å². The highest BCUT2D eigenvalue weighted by molar-refractivity contribution is 7.89. The Morgan fingerprint density at radius 1 is 1.23 bits per heavy atom. The van der Waals surface area contributed by atoms with Gasteiger partial charge in [0, 0.05) is 19.1 Å². The smallest absolute Gasteiger partial charge is 0.410 e. The van der Waals surface area contributed by atoms with Gasteiger partial charge in [-0.15, -0.1) is 4.83 Å². The Labute approximate surface area is 156 Å². The molecule has 0 radical (unpaired) electrons. The van der Waals surface area contributed by atoms with Gasteiger partial charge in [0.1, 0.15) is 5.60 Å². The number of sulfonamides is 1. The van der Waals surface area contributed by atoms with Gasteiger partial charge in [-0.3, -0.25) is 0 Å². The molecule has 2 N–H and O–H groups in total. The number of hydrogen-bond acceptors (Lipinski definition) is 5. The van der Waals surface area contributed by atoms with Gasteiger partial charge in [0.2, 0.25) is 0 Å². The molecule has 1 aliphatic rings. The zero-order valence-electron chi connectivity index (χ0n) is 16.1. The maximum absolute atomic E-state index is 12.4. The fourth-order valence-electron chi connectivity index (χ4n) is 2.78. The molecule has 7 nitrogen and oxygen atoms in total. The molecule has 1 aliphatic heterocycles. The molecule has 1 amide bonds. The van der Waals surface area contributed by atoms with E-state index in [0.717, 1.165) is 5.56 Å². The maximum Gasteiger partial charge on any atom is 0.410 e. The van der Waals surface area contributed by atoms with Gasteiger partial charge in [0.05, 0.1) is 4.90 Å². The Bertz CT molecular complexity index is 726. The minimum atomic E-state index is -3.62. The SMILES string of the molecule is Cc1ccc(S(=O)(=O)NNC2CCN(C(=O)OC(C)(C)C)CC2C)cc1. The summed E-state index contributed by atoms with van der Waals surface area (Å²) < 4.78 is 30.1. The molecule has 2 unspecified atom stereocenters. The van der Waals surface area contributed by atoms with Crippen LogP contribution in [-0.2, 0) is 14.8 Å². The van der Waals surface area contributed by atoms with Crippen LogP contribution in [0.1, 0.15) is 39.7 Å². The summed E-state index contributed by atoms with van der Waals surface area (Å²) in [4.78, 5) is 16.5. The summed E-state index contributed by atoms with van der Waals surface area (Å²) in [6, 6.07) is 6.61. The van der Waals surface area contributed by atoms with E-state index in [-0.39, 0.29) is 22.9 Å². The highest BCUT2D eigenvalue weighted by atomic mass is 32.2. The first-order valence-corrected chi connectivity index (χ1v) is 10.3. The molecule has 8 heteroatoms. The minimum absolute atomic E-state index is 0.0612. The van der Waals surface area contributed by atoms with E-state index in [0.29, 0.717) is 19.5 Å². The lowest BCUT2D eigenvalue weighted by atomic mass is 9.95. The second kappa shape index (κ2) is 7.94. The number of likely N-dealkylation sites (tertiary alicyclic amines) is 1. The summed E-state index contributed by atoms with van der Waals surface area (Å²) in [5.41, 5.74) is 3.39. The van der Waals surface area contributed by atoms with E-state index in [1.807, 2.05) is 34.6 Å². The zero-order chi connectivity index (χ0) is 19.5. The van der Waals surface area contributed by atoms with Crippen LogP contribution in [0.4, 0.5) is 4.79 Å². The molecule has 1 aromatic carbocycles. The molecule has 2 atom stereocenters. The molecule has 2 rings (SSSR count). The van der Waals surface area contributed by atoms with E-state index < -0.39 is 15.6 Å². The number of ether oxygens (including phenoxy) is 1. The number of rotatable bonds is 4. The predicted octanol–water partition coefficient (Wildman–Crippen LogP) is 2.42. The Hall–Kier alpha value is -1.64. The molecule has 0 spiro atoms. The van der Waals surface area contributed by atoms with Crippen LogP contribution < -0.4 is 10.3 Å². The Kier molecular flexibility index (Phi) is 6.31. The first kappa shape index (κ1) is 20.7. The van der Waals surface area contributed by atoms with Crippen molar-refractivity contribution < 1.29 is 17.9 Å². The fraction of sp³-hybridized carbons (Fsp3) is 0.611. The topological polar surface area (TPSA) is 87.7 Å². The molecule has 0 bridgehead atoms. The number of nitrogens with zero attached hydrogens (tertiary/aromatic N) is 1. The van der Waals surface area contributed by atoms with Crippen molar-refractivity contribution in [3.05, 3.63) is 29.8 Å². The van der Waals surface area contributed by atoms with E-state index in [1.54, 1.807) is 29.2 Å². The number of amides is 1. The Balaban J connectivity index is 1.90. The Morgan fingerprint density at radius 3 is 2.38 bits per heavy atom. The van der Waals surface area contributed by atoms with E-state index in [9.17, 15) is 13.2 Å². The first-order valence-electron chi connectivity index (χ1n) is 8.80. The van der Waals surface area contributed by atoms with Gasteiger partial charge in [-0.2, -0.15) is 0 Å². The van der Waals surface area contributed by atoms with Crippen molar-refractivity contribution in [3.8, 4) is 0 Å². The number of hydrazine groups is 1. The van der Waals surface area contributed by atoms with E-state index in [4.69, 9.17) is 4.74 Å². The van der Waals surface area contributed by atoms with E-state index >= 15 is 0 Å². The van der Waals surface area contributed by atoms with Gasteiger partial charge in [-0.25, -0.2) is 18.6 Å². The Morgan fingerprint density at radius 2 is 1.85 bits per heavy atom. The molecule has 146 valence electrons. The summed E-state index contributed by atoms with van der Waals surface area (Å²) in [5, 5.41) is 0. The number of piperidine rings is 1. The summed E-state index contributed by atoms with van der Waals surface area (Å²) >= 11 is 0. The standard InChI is InChI=1S/C18H29N3O4S/c1-13-6-8-15(9-7-13)26(23,24)20-19-16-10-11-21(12-14(16)2)17(22)25-18(3,4)5/h6-9,14,16,19-20H,10-12H2,1-5H3. The molecule has 1 fully saturated rings. The zero-order valence-corrected chi connectivity index (χ0v) is 16.9. The summed E-state index contributed by atoms with van der Waals surface area (Å²) in [7, 11) is -3.62. The van der Waals surface area contributed by atoms with Crippen molar-refractivity contribution >= 4 is 16.1 Å². The third kappa shape index (κ3) is 5.69. The second-order valence-electron chi connectivity index (χ2n) is 7.86. The molecule has 1 aromatic rings. The highest BCUT2D eigenvalue weighted by Crippen LogP contribution is 2.19. The number of hydrogen-bond donors (Lipinski definition) is 2. The van der Waals surface area contributed by atoms with E-state index in [2.05, 4.69) is 10.3 Å². The van der Waals surface area contributed by atoms with Crippen LogP contribution in [0.3, 0.4) is 0 Å². The fourth-order valence-corrected chi connectivity index (χ4v) is 3.70. The van der Waals surface area contributed by atoms with Gasteiger partial charge in [0.25, 0.3) is 10.0 Å². The van der Waals surface area contributed by atoms with Crippen molar-refractivity contribution in [2.24, 2.45) is 5.92 Å². The average Bonchev–Trinajstić information content (AvgIpc) is 2.52. The van der Waals surface area contributed by atoms with Crippen LogP contribution in [0.5, 0.6) is 0 Å². The molecular weight excluding hydrogens is 354 g/mol. The molecule has 0 aromatic heterocycles. The monoisotopic (exact) mass is 383 g/mol. The molecule has 0 aliphatic carbocycles. The van der Waals surface area contributed by atoms with Gasteiger partial charge in [-0.05, 0) is 52.2 Å². The van der Waals surface area contributed by atoms with Crippen molar-refractivity contribution in [2.45, 2.75) is 57.6 Å². The normalized spacial score (nSPS) is 21.5. The maximum atomic E-state index is 12.4. The van der Waals surface area contributed by atoms with Crippen molar-refractivity contribution in [1.82, 2.24) is 15.2 Å². The van der Waals surface area contributed by atoms with E-state index in [1.165, 1.54) is 0 Å². The third-order valence-corrected chi connectivity index (χ3v) is 5.55. The second-order valence-corrected chi connectivity index (χ2v) is 9.54. The number of carbonyl (C=O) groups is 1. The van der Waals surface area contributed by atoms with Gasteiger partial charge in [0.15, 0.2) is 0 Å².